The number of rotatable bonds is 14. The van der Waals surface area contributed by atoms with Crippen LogP contribution in [0, 0.1) is 17.3 Å². The van der Waals surface area contributed by atoms with Gasteiger partial charge in [-0.2, -0.15) is 0 Å². The summed E-state index contributed by atoms with van der Waals surface area (Å²) < 4.78 is 15.9. The van der Waals surface area contributed by atoms with Crippen molar-refractivity contribution in [2.45, 2.75) is 103 Å². The summed E-state index contributed by atoms with van der Waals surface area (Å²) in [4.78, 5) is 60.8. The number of carboxylic acids is 1. The minimum atomic E-state index is -1.11. The zero-order valence-electron chi connectivity index (χ0n) is 22.6. The van der Waals surface area contributed by atoms with E-state index in [2.05, 4.69) is 10.3 Å². The Morgan fingerprint density at radius 3 is 2.03 bits per heavy atom. The highest BCUT2D eigenvalue weighted by Gasteiger charge is 2.34. The summed E-state index contributed by atoms with van der Waals surface area (Å²) in [6, 6.07) is 0.161. The Morgan fingerprint density at radius 2 is 1.47 bits per heavy atom. The van der Waals surface area contributed by atoms with E-state index in [1.807, 2.05) is 0 Å². The smallest absolute Gasteiger partial charge is 0.407 e. The summed E-state index contributed by atoms with van der Waals surface area (Å²) in [6.07, 6.45) is 9.99. The maximum absolute atomic E-state index is 12.6. The molecule has 2 saturated carbocycles. The topological polar surface area (TPSA) is 158 Å². The molecule has 1 atom stereocenters. The van der Waals surface area contributed by atoms with Gasteiger partial charge < -0.3 is 24.6 Å². The van der Waals surface area contributed by atoms with Crippen molar-refractivity contribution in [3.05, 3.63) is 0 Å². The number of aliphatic carboxylic acids is 1. The van der Waals surface area contributed by atoms with E-state index >= 15 is 0 Å². The highest BCUT2D eigenvalue weighted by molar-refractivity contribution is 5.76. The van der Waals surface area contributed by atoms with Crippen LogP contribution in [0.4, 0.5) is 4.79 Å². The molecule has 11 nitrogen and oxygen atoms in total. The van der Waals surface area contributed by atoms with Crippen molar-refractivity contribution in [2.24, 2.45) is 22.2 Å². The number of nitrogens with one attached hydrogen (secondary N) is 1. The largest absolute Gasteiger partial charge is 0.481 e. The normalized spacial score (nSPS) is 24.7. The molecule has 214 valence electrons. The molecule has 2 N–H and O–H groups in total. The summed E-state index contributed by atoms with van der Waals surface area (Å²) in [5, 5.41) is 11.7. The molecule has 0 aromatic rings. The number of ether oxygens (including phenoxy) is 3. The molecule has 2 aliphatic carbocycles. The maximum atomic E-state index is 12.6. The van der Waals surface area contributed by atoms with Crippen molar-refractivity contribution in [3.8, 4) is 0 Å². The Balaban J connectivity index is 1.76. The van der Waals surface area contributed by atoms with Gasteiger partial charge in [0.15, 0.2) is 0 Å². The van der Waals surface area contributed by atoms with Crippen molar-refractivity contribution in [1.82, 2.24) is 5.32 Å². The molecule has 0 aromatic heterocycles. The number of hydrogen-bond acceptors (Lipinski definition) is 9. The molecule has 1 unspecified atom stereocenters. The fourth-order valence-corrected chi connectivity index (χ4v) is 5.23. The minimum absolute atomic E-state index is 0.0229. The van der Waals surface area contributed by atoms with Gasteiger partial charge in [0.1, 0.15) is 19.8 Å². The third kappa shape index (κ3) is 11.6. The van der Waals surface area contributed by atoms with Crippen LogP contribution in [-0.4, -0.2) is 67.1 Å². The minimum Gasteiger partial charge on any atom is -0.481 e. The molecule has 0 aliphatic heterocycles. The second kappa shape index (κ2) is 16.1. The monoisotopic (exact) mass is 538 g/mol. The van der Waals surface area contributed by atoms with Gasteiger partial charge in [0.2, 0.25) is 6.08 Å². The number of carbonyl (C=O) groups excluding carboxylic acids is 4. The van der Waals surface area contributed by atoms with Gasteiger partial charge in [-0.15, -0.1) is 0 Å². The van der Waals surface area contributed by atoms with E-state index in [-0.39, 0.29) is 44.7 Å². The number of alkyl carbamates (subject to hydrolysis) is 1. The first kappa shape index (κ1) is 31.3. The first-order valence-corrected chi connectivity index (χ1v) is 13.7. The summed E-state index contributed by atoms with van der Waals surface area (Å²) in [6.45, 7) is 2.67. The molecule has 2 rings (SSSR count). The number of nitrogens with zero attached hydrogens (tertiary/aromatic N) is 1. The number of carboxylic acid groups (broad SMARTS) is 1. The van der Waals surface area contributed by atoms with E-state index in [1.165, 1.54) is 13.3 Å². The predicted molar refractivity (Wildman–Crippen MR) is 136 cm³/mol. The van der Waals surface area contributed by atoms with Gasteiger partial charge in [-0.1, -0.05) is 6.92 Å². The average molecular weight is 539 g/mol. The third-order valence-corrected chi connectivity index (χ3v) is 7.81. The summed E-state index contributed by atoms with van der Waals surface area (Å²) in [5.41, 5.74) is -0.935. The molecular formula is C27H42N2O9. The molecule has 0 aromatic carbocycles. The van der Waals surface area contributed by atoms with Crippen molar-refractivity contribution in [3.63, 3.8) is 0 Å². The van der Waals surface area contributed by atoms with Crippen LogP contribution in [-0.2, 0) is 33.4 Å². The Hall–Kier alpha value is -2.94. The van der Waals surface area contributed by atoms with Gasteiger partial charge >= 0.3 is 24.0 Å². The third-order valence-electron chi connectivity index (χ3n) is 7.81. The van der Waals surface area contributed by atoms with Gasteiger partial charge in [0, 0.05) is 13.0 Å². The van der Waals surface area contributed by atoms with E-state index in [0.717, 1.165) is 51.4 Å². The van der Waals surface area contributed by atoms with Gasteiger partial charge in [-0.25, -0.2) is 14.6 Å². The first-order chi connectivity index (χ1) is 18.1. The van der Waals surface area contributed by atoms with Gasteiger partial charge in [0.05, 0.1) is 24.3 Å². The summed E-state index contributed by atoms with van der Waals surface area (Å²) in [5.74, 6) is -0.996. The van der Waals surface area contributed by atoms with Crippen molar-refractivity contribution in [2.75, 3.05) is 19.8 Å². The Morgan fingerprint density at radius 1 is 0.895 bits per heavy atom. The van der Waals surface area contributed by atoms with Crippen LogP contribution < -0.4 is 5.32 Å². The highest BCUT2D eigenvalue weighted by Crippen LogP contribution is 2.36. The Labute approximate surface area is 224 Å². The van der Waals surface area contributed by atoms with E-state index in [1.54, 1.807) is 13.0 Å². The van der Waals surface area contributed by atoms with E-state index in [4.69, 9.17) is 19.3 Å². The SMILES string of the molecule is CCC(COC(C)=O)(COC(=O)CCC(=O)O)COC(=O)NC1CCC(CC2CCC(N=C=O)CC2)CC1. The Bertz CT molecular complexity index is 841. The van der Waals surface area contributed by atoms with E-state index in [0.29, 0.717) is 18.3 Å². The Kier molecular flexibility index (Phi) is 13.3. The maximum Gasteiger partial charge on any atom is 0.407 e. The molecule has 38 heavy (non-hydrogen) atoms. The standard InChI is InChI=1S/C27H42N2O9/c1-3-27(15-36-19(2)31,16-37-25(34)13-12-24(32)33)17-38-26(35)29-23-10-6-21(7-11-23)14-20-4-8-22(9-5-20)28-18-30/h20-23H,3-17H2,1-2H3,(H,29,35)(H,32,33). The zero-order chi connectivity index (χ0) is 28.0. The summed E-state index contributed by atoms with van der Waals surface area (Å²) in [7, 11) is 0. The molecule has 2 fully saturated rings. The summed E-state index contributed by atoms with van der Waals surface area (Å²) >= 11 is 0. The van der Waals surface area contributed by atoms with Crippen molar-refractivity contribution >= 4 is 30.1 Å². The van der Waals surface area contributed by atoms with Crippen LogP contribution in [0.5, 0.6) is 0 Å². The molecule has 0 spiro atoms. The second-order valence-electron chi connectivity index (χ2n) is 10.8. The lowest BCUT2D eigenvalue weighted by Crippen LogP contribution is -2.43. The number of carbonyl (C=O) groups is 4. The van der Waals surface area contributed by atoms with Crippen LogP contribution in [0.15, 0.2) is 4.99 Å². The van der Waals surface area contributed by atoms with Gasteiger partial charge in [-0.05, 0) is 76.0 Å². The molecular weight excluding hydrogens is 496 g/mol. The fraction of sp³-hybridized carbons (Fsp3) is 0.815. The number of amides is 1. The van der Waals surface area contributed by atoms with Gasteiger partial charge in [0.25, 0.3) is 0 Å². The highest BCUT2D eigenvalue weighted by atomic mass is 16.6. The molecule has 0 saturated heterocycles. The van der Waals surface area contributed by atoms with Gasteiger partial charge in [-0.3, -0.25) is 14.4 Å². The van der Waals surface area contributed by atoms with Crippen LogP contribution in [0.25, 0.3) is 0 Å². The van der Waals surface area contributed by atoms with Crippen LogP contribution in [0.1, 0.15) is 90.9 Å². The lowest BCUT2D eigenvalue weighted by molar-refractivity contribution is -0.157. The molecule has 0 heterocycles. The molecule has 11 heteroatoms. The molecule has 0 bridgehead atoms. The number of esters is 2. The lowest BCUT2D eigenvalue weighted by atomic mass is 9.76. The van der Waals surface area contributed by atoms with Crippen LogP contribution in [0.3, 0.4) is 0 Å². The quantitative estimate of drug-likeness (QED) is 0.145. The van der Waals surface area contributed by atoms with E-state index in [9.17, 15) is 24.0 Å². The average Bonchev–Trinajstić information content (AvgIpc) is 2.89. The number of hydrogen-bond donors (Lipinski definition) is 2. The molecule has 0 radical (unpaired) electrons. The molecule has 1 amide bonds. The second-order valence-corrected chi connectivity index (χ2v) is 10.8. The molecule has 2 aliphatic rings. The van der Waals surface area contributed by atoms with Crippen LogP contribution >= 0.6 is 0 Å². The first-order valence-electron chi connectivity index (χ1n) is 13.7. The number of aliphatic imine (C=N–C) groups is 1. The van der Waals surface area contributed by atoms with Crippen molar-refractivity contribution < 1.29 is 43.3 Å². The fourth-order valence-electron chi connectivity index (χ4n) is 5.23. The predicted octanol–water partition coefficient (Wildman–Crippen LogP) is 3.92. The van der Waals surface area contributed by atoms with E-state index < -0.39 is 29.4 Å². The van der Waals surface area contributed by atoms with Crippen molar-refractivity contribution in [1.29, 1.82) is 0 Å². The zero-order valence-corrected chi connectivity index (χ0v) is 22.6. The lowest BCUT2D eigenvalue weighted by Gasteiger charge is -2.34. The number of isocyanates is 1. The van der Waals surface area contributed by atoms with Crippen LogP contribution in [0.2, 0.25) is 0 Å².